The quantitative estimate of drug-likeness (QED) is 0.680. The number of rotatable bonds is 7. The second-order valence-electron chi connectivity index (χ2n) is 6.05. The number of nitrogens with one attached hydrogen (secondary N) is 1. The van der Waals surface area contributed by atoms with Crippen molar-refractivity contribution in [2.75, 3.05) is 13.1 Å². The summed E-state index contributed by atoms with van der Waals surface area (Å²) in [6.45, 7) is 11.1. The first-order valence-corrected chi connectivity index (χ1v) is 6.42. The lowest BCUT2D eigenvalue weighted by molar-refractivity contribution is 0.307. The number of nitrogens with two attached hydrogens (primary N) is 1. The Labute approximate surface area is 95.0 Å². The summed E-state index contributed by atoms with van der Waals surface area (Å²) < 4.78 is 0. The molecule has 3 N–H and O–H groups in total. The van der Waals surface area contributed by atoms with E-state index in [4.69, 9.17) is 5.73 Å². The van der Waals surface area contributed by atoms with Crippen LogP contribution in [0.3, 0.4) is 0 Å². The van der Waals surface area contributed by atoms with Crippen molar-refractivity contribution in [2.45, 2.75) is 52.5 Å². The molecular weight excluding hydrogens is 184 g/mol. The number of hydrogen-bond acceptors (Lipinski definition) is 2. The lowest BCUT2D eigenvalue weighted by Gasteiger charge is -2.30. The lowest BCUT2D eigenvalue weighted by Crippen LogP contribution is -2.49. The summed E-state index contributed by atoms with van der Waals surface area (Å²) in [4.78, 5) is 0. The molecule has 90 valence electrons. The van der Waals surface area contributed by atoms with Crippen LogP contribution in [0.1, 0.15) is 47.0 Å². The normalized spacial score (nSPS) is 29.2. The van der Waals surface area contributed by atoms with E-state index in [-0.39, 0.29) is 5.54 Å². The average Bonchev–Trinajstić information content (AvgIpc) is 2.89. The second-order valence-corrected chi connectivity index (χ2v) is 6.05. The molecular formula is C13H28N2. The fourth-order valence-corrected chi connectivity index (χ4v) is 1.93. The van der Waals surface area contributed by atoms with Crippen molar-refractivity contribution in [3.05, 3.63) is 0 Å². The summed E-state index contributed by atoms with van der Waals surface area (Å²) in [5.74, 6) is 2.62. The van der Waals surface area contributed by atoms with Crippen LogP contribution in [0.4, 0.5) is 0 Å². The van der Waals surface area contributed by atoms with Gasteiger partial charge < -0.3 is 11.1 Å². The molecule has 1 rings (SSSR count). The zero-order valence-electron chi connectivity index (χ0n) is 10.8. The van der Waals surface area contributed by atoms with Crippen LogP contribution in [0.2, 0.25) is 0 Å². The maximum atomic E-state index is 5.87. The van der Waals surface area contributed by atoms with Gasteiger partial charge in [0.2, 0.25) is 0 Å². The van der Waals surface area contributed by atoms with Crippen LogP contribution in [0, 0.1) is 17.8 Å². The second kappa shape index (κ2) is 5.31. The van der Waals surface area contributed by atoms with Gasteiger partial charge in [-0.3, -0.25) is 0 Å². The van der Waals surface area contributed by atoms with Gasteiger partial charge in [-0.2, -0.15) is 0 Å². The fraction of sp³-hybridized carbons (Fsp3) is 1.00. The Morgan fingerprint density at radius 1 is 1.47 bits per heavy atom. The van der Waals surface area contributed by atoms with Crippen LogP contribution in [-0.2, 0) is 0 Å². The van der Waals surface area contributed by atoms with Gasteiger partial charge in [0.1, 0.15) is 0 Å². The fourth-order valence-electron chi connectivity index (χ4n) is 1.93. The molecule has 1 aliphatic carbocycles. The van der Waals surface area contributed by atoms with Crippen LogP contribution >= 0.6 is 0 Å². The monoisotopic (exact) mass is 212 g/mol. The summed E-state index contributed by atoms with van der Waals surface area (Å²) in [6.07, 6.45) is 3.86. The van der Waals surface area contributed by atoms with Crippen molar-refractivity contribution in [1.82, 2.24) is 5.32 Å². The Hall–Kier alpha value is -0.0800. The Morgan fingerprint density at radius 2 is 2.07 bits per heavy atom. The van der Waals surface area contributed by atoms with E-state index >= 15 is 0 Å². The molecule has 3 unspecified atom stereocenters. The van der Waals surface area contributed by atoms with Gasteiger partial charge in [-0.15, -0.1) is 0 Å². The van der Waals surface area contributed by atoms with Gasteiger partial charge >= 0.3 is 0 Å². The highest BCUT2D eigenvalue weighted by molar-refractivity contribution is 4.90. The highest BCUT2D eigenvalue weighted by Gasteiger charge is 2.34. The summed E-state index contributed by atoms with van der Waals surface area (Å²) >= 11 is 0. The minimum Gasteiger partial charge on any atom is -0.329 e. The van der Waals surface area contributed by atoms with Crippen LogP contribution in [-0.4, -0.2) is 18.6 Å². The molecule has 1 saturated carbocycles. The van der Waals surface area contributed by atoms with Crippen molar-refractivity contribution in [3.8, 4) is 0 Å². The molecule has 0 heterocycles. The van der Waals surface area contributed by atoms with Gasteiger partial charge in [0.25, 0.3) is 0 Å². The molecule has 0 spiro atoms. The van der Waals surface area contributed by atoms with Gasteiger partial charge in [-0.1, -0.05) is 20.8 Å². The van der Waals surface area contributed by atoms with Crippen molar-refractivity contribution >= 4 is 0 Å². The van der Waals surface area contributed by atoms with Gasteiger partial charge in [0.15, 0.2) is 0 Å². The average molecular weight is 212 g/mol. The first-order valence-electron chi connectivity index (χ1n) is 6.42. The molecule has 1 fully saturated rings. The molecule has 0 saturated heterocycles. The molecule has 0 amide bonds. The molecule has 0 aromatic carbocycles. The van der Waals surface area contributed by atoms with E-state index < -0.39 is 0 Å². The molecule has 15 heavy (non-hydrogen) atoms. The van der Waals surface area contributed by atoms with Crippen molar-refractivity contribution < 1.29 is 0 Å². The Morgan fingerprint density at radius 3 is 2.47 bits per heavy atom. The van der Waals surface area contributed by atoms with E-state index in [1.165, 1.54) is 19.3 Å². The van der Waals surface area contributed by atoms with Gasteiger partial charge in [0, 0.05) is 12.1 Å². The van der Waals surface area contributed by atoms with E-state index in [0.29, 0.717) is 0 Å². The highest BCUT2D eigenvalue weighted by atomic mass is 15.0. The van der Waals surface area contributed by atoms with Crippen LogP contribution in [0.15, 0.2) is 0 Å². The van der Waals surface area contributed by atoms with E-state index in [1.54, 1.807) is 0 Å². The molecule has 1 aliphatic rings. The van der Waals surface area contributed by atoms with E-state index in [1.807, 2.05) is 0 Å². The van der Waals surface area contributed by atoms with Gasteiger partial charge in [-0.05, 0) is 50.5 Å². The summed E-state index contributed by atoms with van der Waals surface area (Å²) in [6, 6.07) is 0. The zero-order valence-corrected chi connectivity index (χ0v) is 10.8. The van der Waals surface area contributed by atoms with E-state index in [0.717, 1.165) is 30.8 Å². The molecule has 0 aliphatic heterocycles. The SMILES string of the molecule is CC(C)CCC(C)(CN)NCC1CC1C. The van der Waals surface area contributed by atoms with E-state index in [9.17, 15) is 0 Å². The minimum atomic E-state index is 0.159. The predicted molar refractivity (Wildman–Crippen MR) is 66.8 cm³/mol. The third-order valence-corrected chi connectivity index (χ3v) is 3.79. The predicted octanol–water partition coefficient (Wildman–Crippen LogP) is 2.39. The molecule has 0 aromatic heterocycles. The smallest absolute Gasteiger partial charge is 0.0275 e. The van der Waals surface area contributed by atoms with Gasteiger partial charge in [-0.25, -0.2) is 0 Å². The summed E-state index contributed by atoms with van der Waals surface area (Å²) in [7, 11) is 0. The maximum Gasteiger partial charge on any atom is 0.0275 e. The number of hydrogen-bond donors (Lipinski definition) is 2. The Balaban J connectivity index is 2.24. The largest absolute Gasteiger partial charge is 0.329 e. The third-order valence-electron chi connectivity index (χ3n) is 3.79. The topological polar surface area (TPSA) is 38.0 Å². The molecule has 3 atom stereocenters. The molecule has 0 aromatic rings. The standard InChI is InChI=1S/C13H28N2/c1-10(2)5-6-13(4,9-14)15-8-12-7-11(12)3/h10-12,15H,5-9,14H2,1-4H3. The highest BCUT2D eigenvalue weighted by Crippen LogP contribution is 2.37. The lowest BCUT2D eigenvalue weighted by atomic mass is 9.92. The van der Waals surface area contributed by atoms with Gasteiger partial charge in [0.05, 0.1) is 0 Å². The molecule has 0 radical (unpaired) electrons. The molecule has 2 heteroatoms. The van der Waals surface area contributed by atoms with E-state index in [2.05, 4.69) is 33.0 Å². The van der Waals surface area contributed by atoms with Crippen LogP contribution in [0.5, 0.6) is 0 Å². The van der Waals surface area contributed by atoms with Crippen LogP contribution < -0.4 is 11.1 Å². The summed E-state index contributed by atoms with van der Waals surface area (Å²) in [5, 5.41) is 3.67. The Kier molecular flexibility index (Phi) is 4.60. The van der Waals surface area contributed by atoms with Crippen LogP contribution in [0.25, 0.3) is 0 Å². The third kappa shape index (κ3) is 4.52. The van der Waals surface area contributed by atoms with Crippen molar-refractivity contribution in [2.24, 2.45) is 23.5 Å². The first-order chi connectivity index (χ1) is 6.97. The molecule has 2 nitrogen and oxygen atoms in total. The molecule has 0 bridgehead atoms. The first kappa shape index (κ1) is 13.0. The zero-order chi connectivity index (χ0) is 11.5. The maximum absolute atomic E-state index is 5.87. The van der Waals surface area contributed by atoms with Crippen molar-refractivity contribution in [1.29, 1.82) is 0 Å². The summed E-state index contributed by atoms with van der Waals surface area (Å²) in [5.41, 5.74) is 6.03. The van der Waals surface area contributed by atoms with Crippen molar-refractivity contribution in [3.63, 3.8) is 0 Å². The Bertz CT molecular complexity index is 191. The minimum absolute atomic E-state index is 0.159.